The normalized spacial score (nSPS) is 21.3. The van der Waals surface area contributed by atoms with E-state index in [1.807, 2.05) is 12.3 Å². The van der Waals surface area contributed by atoms with E-state index in [0.29, 0.717) is 10.0 Å². The number of hydrogen-bond donors (Lipinski definition) is 3. The largest absolute Gasteiger partial charge is 0.393 e. The SMILES string of the molecule is C=C(C=NC)c1c[nH]c2c(Cl)c(Cl)cc(NC3CC(O)C3)c12. The third-order valence-corrected chi connectivity index (χ3v) is 4.74. The van der Waals surface area contributed by atoms with Gasteiger partial charge in [0.15, 0.2) is 0 Å². The summed E-state index contributed by atoms with van der Waals surface area (Å²) in [6, 6.07) is 2.07. The first-order valence-electron chi connectivity index (χ1n) is 7.06. The number of benzene rings is 1. The van der Waals surface area contributed by atoms with Crippen LogP contribution in [0, 0.1) is 0 Å². The van der Waals surface area contributed by atoms with Gasteiger partial charge in [0.2, 0.25) is 0 Å². The summed E-state index contributed by atoms with van der Waals surface area (Å²) in [6.07, 6.45) is 4.82. The number of hydrogen-bond acceptors (Lipinski definition) is 3. The van der Waals surface area contributed by atoms with Crippen LogP contribution in [0.4, 0.5) is 5.69 Å². The van der Waals surface area contributed by atoms with Crippen LogP contribution in [0.1, 0.15) is 18.4 Å². The second-order valence-corrected chi connectivity index (χ2v) is 6.34. The first kappa shape index (κ1) is 15.4. The molecule has 3 rings (SSSR count). The van der Waals surface area contributed by atoms with Gasteiger partial charge in [-0.3, -0.25) is 4.99 Å². The van der Waals surface area contributed by atoms with Crippen LogP contribution in [0.2, 0.25) is 10.0 Å². The van der Waals surface area contributed by atoms with Gasteiger partial charge in [-0.05, 0) is 24.5 Å². The average molecular weight is 338 g/mol. The van der Waals surface area contributed by atoms with Gasteiger partial charge in [0.25, 0.3) is 0 Å². The maximum absolute atomic E-state index is 9.46. The highest BCUT2D eigenvalue weighted by Gasteiger charge is 2.28. The van der Waals surface area contributed by atoms with Gasteiger partial charge in [-0.25, -0.2) is 0 Å². The summed E-state index contributed by atoms with van der Waals surface area (Å²) >= 11 is 12.5. The molecule has 4 nitrogen and oxygen atoms in total. The molecule has 116 valence electrons. The Morgan fingerprint density at radius 2 is 2.23 bits per heavy atom. The second-order valence-electron chi connectivity index (χ2n) is 5.55. The Balaban J connectivity index is 2.10. The van der Waals surface area contributed by atoms with E-state index in [4.69, 9.17) is 23.2 Å². The van der Waals surface area contributed by atoms with Crippen molar-refractivity contribution in [3.05, 3.63) is 34.5 Å². The van der Waals surface area contributed by atoms with Gasteiger partial charge < -0.3 is 15.4 Å². The quantitative estimate of drug-likeness (QED) is 0.734. The maximum atomic E-state index is 9.46. The van der Waals surface area contributed by atoms with Crippen LogP contribution in [-0.2, 0) is 0 Å². The Morgan fingerprint density at radius 1 is 1.50 bits per heavy atom. The van der Waals surface area contributed by atoms with Gasteiger partial charge in [0.05, 0.1) is 21.7 Å². The molecule has 1 aliphatic rings. The number of rotatable bonds is 4. The van der Waals surface area contributed by atoms with Crippen molar-refractivity contribution in [1.29, 1.82) is 0 Å². The highest BCUT2D eigenvalue weighted by atomic mass is 35.5. The number of aliphatic hydroxyl groups excluding tert-OH is 1. The maximum Gasteiger partial charge on any atom is 0.0834 e. The van der Waals surface area contributed by atoms with Crippen LogP contribution < -0.4 is 5.32 Å². The zero-order valence-corrected chi connectivity index (χ0v) is 13.7. The highest BCUT2D eigenvalue weighted by molar-refractivity contribution is 6.46. The highest BCUT2D eigenvalue weighted by Crippen LogP contribution is 2.40. The number of fused-ring (bicyclic) bond motifs is 1. The van der Waals surface area contributed by atoms with E-state index < -0.39 is 0 Å². The summed E-state index contributed by atoms with van der Waals surface area (Å²) in [5.74, 6) is 0. The monoisotopic (exact) mass is 337 g/mol. The van der Waals surface area contributed by atoms with Crippen molar-refractivity contribution in [3.8, 4) is 0 Å². The van der Waals surface area contributed by atoms with Gasteiger partial charge in [-0.15, -0.1) is 0 Å². The molecule has 1 aromatic carbocycles. The second kappa shape index (κ2) is 5.95. The van der Waals surface area contributed by atoms with E-state index in [1.165, 1.54) is 0 Å². The molecule has 1 aliphatic carbocycles. The zero-order valence-electron chi connectivity index (χ0n) is 12.2. The van der Waals surface area contributed by atoms with Crippen LogP contribution in [0.5, 0.6) is 0 Å². The van der Waals surface area contributed by atoms with Gasteiger partial charge in [-0.2, -0.15) is 0 Å². The lowest BCUT2D eigenvalue weighted by Gasteiger charge is -2.33. The zero-order chi connectivity index (χ0) is 15.9. The average Bonchev–Trinajstić information content (AvgIpc) is 2.88. The van der Waals surface area contributed by atoms with Crippen molar-refractivity contribution in [2.24, 2.45) is 4.99 Å². The molecule has 0 saturated heterocycles. The minimum absolute atomic E-state index is 0.219. The van der Waals surface area contributed by atoms with Crippen molar-refractivity contribution in [2.75, 3.05) is 12.4 Å². The number of aromatic nitrogens is 1. The summed E-state index contributed by atoms with van der Waals surface area (Å²) in [6.45, 7) is 4.04. The molecule has 22 heavy (non-hydrogen) atoms. The number of aromatic amines is 1. The summed E-state index contributed by atoms with van der Waals surface area (Å²) in [5.41, 5.74) is 3.39. The lowest BCUT2D eigenvalue weighted by molar-refractivity contribution is 0.0837. The molecular weight excluding hydrogens is 321 g/mol. The van der Waals surface area contributed by atoms with Crippen LogP contribution in [0.3, 0.4) is 0 Å². The van der Waals surface area contributed by atoms with Gasteiger partial charge >= 0.3 is 0 Å². The van der Waals surface area contributed by atoms with Gasteiger partial charge in [0.1, 0.15) is 0 Å². The van der Waals surface area contributed by atoms with Gasteiger partial charge in [-0.1, -0.05) is 29.8 Å². The Bertz CT molecular complexity index is 760. The van der Waals surface area contributed by atoms with Crippen molar-refractivity contribution in [3.63, 3.8) is 0 Å². The Labute approximate surface area is 138 Å². The summed E-state index contributed by atoms with van der Waals surface area (Å²) in [5, 5.41) is 14.8. The van der Waals surface area contributed by atoms with E-state index in [2.05, 4.69) is 21.9 Å². The number of H-pyrrole nitrogens is 1. The first-order chi connectivity index (χ1) is 10.5. The molecule has 1 heterocycles. The Hall–Kier alpha value is -1.49. The van der Waals surface area contributed by atoms with E-state index in [-0.39, 0.29) is 12.1 Å². The predicted octanol–water partition coefficient (Wildman–Crippen LogP) is 4.12. The van der Waals surface area contributed by atoms with E-state index in [9.17, 15) is 5.11 Å². The molecule has 1 aromatic heterocycles. The third-order valence-electron chi connectivity index (χ3n) is 3.95. The van der Waals surface area contributed by atoms with Crippen LogP contribution >= 0.6 is 23.2 Å². The van der Waals surface area contributed by atoms with E-state index in [0.717, 1.165) is 40.6 Å². The molecular formula is C16H17Cl2N3O. The topological polar surface area (TPSA) is 60.4 Å². The smallest absolute Gasteiger partial charge is 0.0834 e. The molecule has 1 saturated carbocycles. The number of halogens is 2. The summed E-state index contributed by atoms with van der Waals surface area (Å²) in [4.78, 5) is 7.18. The van der Waals surface area contributed by atoms with Crippen molar-refractivity contribution in [1.82, 2.24) is 4.98 Å². The minimum atomic E-state index is -0.219. The Kier molecular flexibility index (Phi) is 4.17. The van der Waals surface area contributed by atoms with E-state index in [1.54, 1.807) is 13.3 Å². The fourth-order valence-corrected chi connectivity index (χ4v) is 3.18. The molecule has 0 radical (unpaired) electrons. The number of aliphatic hydroxyl groups is 1. The molecule has 6 heteroatoms. The summed E-state index contributed by atoms with van der Waals surface area (Å²) < 4.78 is 0. The predicted molar refractivity (Wildman–Crippen MR) is 94.4 cm³/mol. The molecule has 0 spiro atoms. The fraction of sp³-hybridized carbons (Fsp3) is 0.312. The molecule has 0 amide bonds. The molecule has 0 bridgehead atoms. The molecule has 0 unspecified atom stereocenters. The number of nitrogens with zero attached hydrogens (tertiary/aromatic N) is 1. The minimum Gasteiger partial charge on any atom is -0.393 e. The number of aliphatic imine (C=N–C) groups is 1. The van der Waals surface area contributed by atoms with Crippen LogP contribution in [-0.4, -0.2) is 35.5 Å². The lowest BCUT2D eigenvalue weighted by atomic mass is 9.89. The summed E-state index contributed by atoms with van der Waals surface area (Å²) in [7, 11) is 1.71. The fourth-order valence-electron chi connectivity index (χ4n) is 2.78. The standard InChI is InChI=1S/C16H17Cl2N3O/c1-8(6-19-2)11-7-20-16-14(11)13(5-12(17)15(16)18)21-9-3-10(22)4-9/h5-7,9-10,20-22H,1,3-4H2,2H3. The van der Waals surface area contributed by atoms with Crippen molar-refractivity contribution < 1.29 is 5.11 Å². The molecule has 0 aliphatic heterocycles. The number of nitrogens with one attached hydrogen (secondary N) is 2. The lowest BCUT2D eigenvalue weighted by Crippen LogP contribution is -2.39. The van der Waals surface area contributed by atoms with Crippen LogP contribution in [0.15, 0.2) is 23.8 Å². The molecule has 1 fully saturated rings. The number of anilines is 1. The van der Waals surface area contributed by atoms with Crippen molar-refractivity contribution >= 4 is 51.6 Å². The number of allylic oxidation sites excluding steroid dienone is 1. The first-order valence-corrected chi connectivity index (χ1v) is 7.82. The van der Waals surface area contributed by atoms with E-state index >= 15 is 0 Å². The molecule has 3 N–H and O–H groups in total. The van der Waals surface area contributed by atoms with Gasteiger partial charge in [0, 0.05) is 42.1 Å². The Morgan fingerprint density at radius 3 is 2.86 bits per heavy atom. The van der Waals surface area contributed by atoms with Crippen LogP contribution in [0.25, 0.3) is 16.5 Å². The molecule has 0 atom stereocenters. The van der Waals surface area contributed by atoms with Crippen molar-refractivity contribution in [2.45, 2.75) is 25.0 Å². The third kappa shape index (κ3) is 2.62. The molecule has 2 aromatic rings.